The summed E-state index contributed by atoms with van der Waals surface area (Å²) in [6, 6.07) is 0. The minimum atomic E-state index is -0.284. The monoisotopic (exact) mass is 310 g/mol. The molecule has 0 aromatic rings. The first-order chi connectivity index (χ1) is 9.80. The van der Waals surface area contributed by atoms with Gasteiger partial charge in [0.2, 0.25) is 0 Å². The third kappa shape index (κ3) is 2.99. The smallest absolute Gasteiger partial charge is 0.134 e. The minimum Gasteiger partial charge on any atom is -0.393 e. The van der Waals surface area contributed by atoms with Crippen molar-refractivity contribution < 1.29 is 15.0 Å². The molecule has 0 aliphatic heterocycles. The van der Waals surface area contributed by atoms with Crippen LogP contribution in [0.3, 0.4) is 0 Å². The van der Waals surface area contributed by atoms with Crippen LogP contribution in [0.15, 0.2) is 0 Å². The van der Waals surface area contributed by atoms with E-state index >= 15 is 0 Å². The molecular weight excluding hydrogens is 276 g/mol. The zero-order valence-corrected chi connectivity index (χ0v) is 15.2. The van der Waals surface area contributed by atoms with E-state index < -0.39 is 0 Å². The van der Waals surface area contributed by atoms with E-state index in [4.69, 9.17) is 0 Å². The maximum atomic E-state index is 12.8. The van der Waals surface area contributed by atoms with Gasteiger partial charge in [0, 0.05) is 12.8 Å². The number of hydrogen-bond donors (Lipinski definition) is 2. The Balaban J connectivity index is 2.08. The molecule has 0 radical (unpaired) electrons. The van der Waals surface area contributed by atoms with E-state index in [0.29, 0.717) is 25.7 Å². The summed E-state index contributed by atoms with van der Waals surface area (Å²) in [7, 11) is 0. The van der Waals surface area contributed by atoms with Crippen LogP contribution in [0, 0.1) is 21.7 Å². The number of hydrogen-bond acceptors (Lipinski definition) is 3. The molecule has 0 bridgehead atoms. The molecule has 2 aliphatic rings. The molecule has 0 unspecified atom stereocenters. The minimum absolute atomic E-state index is 0.00626. The van der Waals surface area contributed by atoms with E-state index in [-0.39, 0.29) is 39.7 Å². The highest BCUT2D eigenvalue weighted by Crippen LogP contribution is 2.57. The lowest BCUT2D eigenvalue weighted by Crippen LogP contribution is -2.36. The molecule has 22 heavy (non-hydrogen) atoms. The normalized spacial score (nSPS) is 43.5. The Morgan fingerprint density at radius 1 is 0.773 bits per heavy atom. The summed E-state index contributed by atoms with van der Waals surface area (Å²) in [5.74, 6) is 0.286. The van der Waals surface area contributed by atoms with Crippen LogP contribution in [-0.4, -0.2) is 28.2 Å². The summed E-state index contributed by atoms with van der Waals surface area (Å²) < 4.78 is 0. The molecule has 2 rings (SSSR count). The lowest BCUT2D eigenvalue weighted by atomic mass is 9.63. The van der Waals surface area contributed by atoms with Gasteiger partial charge in [-0.2, -0.15) is 0 Å². The molecular formula is C19H34O3. The van der Waals surface area contributed by atoms with Crippen LogP contribution in [-0.2, 0) is 4.79 Å². The Kier molecular flexibility index (Phi) is 4.33. The average molecular weight is 310 g/mol. The second-order valence-electron chi connectivity index (χ2n) is 9.91. The van der Waals surface area contributed by atoms with Crippen molar-refractivity contribution >= 4 is 5.78 Å². The van der Waals surface area contributed by atoms with Crippen LogP contribution in [0.4, 0.5) is 0 Å². The second-order valence-corrected chi connectivity index (χ2v) is 9.91. The van der Waals surface area contributed by atoms with Gasteiger partial charge in [0.15, 0.2) is 0 Å². The van der Waals surface area contributed by atoms with Gasteiger partial charge in [0.05, 0.1) is 12.2 Å². The highest BCUT2D eigenvalue weighted by molar-refractivity contribution is 5.80. The molecule has 2 N–H and O–H groups in total. The van der Waals surface area contributed by atoms with Gasteiger partial charge in [-0.1, -0.05) is 41.5 Å². The number of aliphatic hydroxyl groups is 2. The molecule has 3 heteroatoms. The van der Waals surface area contributed by atoms with Crippen LogP contribution < -0.4 is 0 Å². The van der Waals surface area contributed by atoms with E-state index in [1.807, 2.05) is 0 Å². The van der Waals surface area contributed by atoms with Crippen molar-refractivity contribution in [2.24, 2.45) is 21.7 Å². The fourth-order valence-corrected chi connectivity index (χ4v) is 4.96. The summed E-state index contributed by atoms with van der Waals surface area (Å²) in [6.45, 7) is 13.0. The van der Waals surface area contributed by atoms with Crippen LogP contribution in [0.5, 0.6) is 0 Å². The van der Waals surface area contributed by atoms with Gasteiger partial charge >= 0.3 is 0 Å². The van der Waals surface area contributed by atoms with Gasteiger partial charge in [-0.3, -0.25) is 4.79 Å². The third-order valence-electron chi connectivity index (χ3n) is 7.31. The Morgan fingerprint density at radius 3 is 1.32 bits per heavy atom. The van der Waals surface area contributed by atoms with E-state index in [2.05, 4.69) is 41.5 Å². The first-order valence-corrected chi connectivity index (χ1v) is 8.68. The van der Waals surface area contributed by atoms with Crippen molar-refractivity contribution in [2.45, 2.75) is 92.3 Å². The van der Waals surface area contributed by atoms with Crippen LogP contribution in [0.2, 0.25) is 0 Å². The van der Waals surface area contributed by atoms with Gasteiger partial charge in [0.25, 0.3) is 0 Å². The molecule has 0 aromatic carbocycles. The number of aliphatic hydroxyl groups excluding tert-OH is 2. The van der Waals surface area contributed by atoms with E-state index in [9.17, 15) is 15.0 Å². The van der Waals surface area contributed by atoms with E-state index in [1.165, 1.54) is 0 Å². The van der Waals surface area contributed by atoms with Crippen molar-refractivity contribution in [3.05, 3.63) is 0 Å². The van der Waals surface area contributed by atoms with Gasteiger partial charge in [-0.05, 0) is 47.3 Å². The molecule has 0 heterocycles. The fourth-order valence-electron chi connectivity index (χ4n) is 4.96. The maximum Gasteiger partial charge on any atom is 0.134 e. The first-order valence-electron chi connectivity index (χ1n) is 8.68. The van der Waals surface area contributed by atoms with Gasteiger partial charge in [0.1, 0.15) is 5.78 Å². The molecule has 3 nitrogen and oxygen atoms in total. The molecule has 2 fully saturated rings. The van der Waals surface area contributed by atoms with Crippen LogP contribution >= 0.6 is 0 Å². The highest BCUT2D eigenvalue weighted by Gasteiger charge is 2.53. The Bertz CT molecular complexity index is 414. The zero-order chi connectivity index (χ0) is 17.0. The quantitative estimate of drug-likeness (QED) is 0.832. The summed E-state index contributed by atoms with van der Waals surface area (Å²) in [4.78, 5) is 12.8. The molecule has 0 saturated heterocycles. The number of carbonyl (C=O) groups excluding carboxylic acids is 1. The number of carbonyl (C=O) groups is 1. The standard InChI is InChI=1S/C19H34O3/c1-16(2)7-13(20)9-18(16,5)11-15(22)12-19(6)10-14(21)8-17(19,3)4/h13-14,20-21H,7-12H2,1-6H3/t13-,14-,18-,19-/m1/s1. The summed E-state index contributed by atoms with van der Waals surface area (Å²) in [6.07, 6.45) is 3.50. The van der Waals surface area contributed by atoms with Crippen LogP contribution in [0.1, 0.15) is 80.1 Å². The molecule has 0 aromatic heterocycles. The molecule has 128 valence electrons. The topological polar surface area (TPSA) is 57.5 Å². The Labute approximate surface area is 135 Å². The summed E-state index contributed by atoms with van der Waals surface area (Å²) in [5, 5.41) is 20.0. The Hall–Kier alpha value is -0.410. The molecule has 2 aliphatic carbocycles. The second kappa shape index (κ2) is 5.31. The predicted octanol–water partition coefficient (Wildman–Crippen LogP) is 3.71. The maximum absolute atomic E-state index is 12.8. The summed E-state index contributed by atoms with van der Waals surface area (Å²) in [5.41, 5.74) is -0.260. The number of ketones is 1. The molecule has 0 amide bonds. The fraction of sp³-hybridized carbons (Fsp3) is 0.947. The van der Waals surface area contributed by atoms with Crippen molar-refractivity contribution in [2.75, 3.05) is 0 Å². The summed E-state index contributed by atoms with van der Waals surface area (Å²) >= 11 is 0. The lowest BCUT2D eigenvalue weighted by molar-refractivity contribution is -0.126. The lowest BCUT2D eigenvalue weighted by Gasteiger charge is -2.41. The number of Topliss-reactive ketones (excluding diaryl/α,β-unsaturated/α-hetero) is 1. The van der Waals surface area contributed by atoms with Crippen molar-refractivity contribution in [3.8, 4) is 0 Å². The largest absolute Gasteiger partial charge is 0.393 e. The van der Waals surface area contributed by atoms with E-state index in [1.54, 1.807) is 0 Å². The SMILES string of the molecule is CC1(C)C[C@@H](O)C[C@]1(C)CC(=O)C[C@@]1(C)C[C@H](O)CC1(C)C. The Morgan fingerprint density at radius 2 is 1.09 bits per heavy atom. The van der Waals surface area contributed by atoms with Gasteiger partial charge in [-0.25, -0.2) is 0 Å². The first kappa shape index (κ1) is 17.9. The molecule has 2 saturated carbocycles. The van der Waals surface area contributed by atoms with Gasteiger partial charge in [-0.15, -0.1) is 0 Å². The van der Waals surface area contributed by atoms with Crippen molar-refractivity contribution in [1.29, 1.82) is 0 Å². The highest BCUT2D eigenvalue weighted by atomic mass is 16.3. The van der Waals surface area contributed by atoms with Gasteiger partial charge < -0.3 is 10.2 Å². The molecule has 4 atom stereocenters. The number of rotatable bonds is 4. The average Bonchev–Trinajstić information content (AvgIpc) is 2.54. The van der Waals surface area contributed by atoms with Crippen LogP contribution in [0.25, 0.3) is 0 Å². The van der Waals surface area contributed by atoms with Crippen molar-refractivity contribution in [3.63, 3.8) is 0 Å². The third-order valence-corrected chi connectivity index (χ3v) is 7.31. The predicted molar refractivity (Wildman–Crippen MR) is 88.5 cm³/mol. The zero-order valence-electron chi connectivity index (χ0n) is 15.2. The molecule has 0 spiro atoms. The van der Waals surface area contributed by atoms with E-state index in [0.717, 1.165) is 12.8 Å². The van der Waals surface area contributed by atoms with Crippen molar-refractivity contribution in [1.82, 2.24) is 0 Å².